The van der Waals surface area contributed by atoms with Crippen molar-refractivity contribution in [1.82, 2.24) is 10.1 Å². The zero-order chi connectivity index (χ0) is 17.8. The Balaban J connectivity index is 1.63. The highest BCUT2D eigenvalue weighted by molar-refractivity contribution is 5.93. The van der Waals surface area contributed by atoms with Gasteiger partial charge in [-0.2, -0.15) is 0 Å². The van der Waals surface area contributed by atoms with Crippen LogP contribution in [0.25, 0.3) is 11.3 Å². The van der Waals surface area contributed by atoms with Crippen LogP contribution < -0.4 is 0 Å². The maximum absolute atomic E-state index is 12.6. The molecule has 0 aliphatic carbocycles. The molecule has 0 atom stereocenters. The molecule has 1 aromatic carbocycles. The second kappa shape index (κ2) is 7.51. The van der Waals surface area contributed by atoms with E-state index in [-0.39, 0.29) is 17.8 Å². The van der Waals surface area contributed by atoms with Gasteiger partial charge in [0.15, 0.2) is 11.5 Å². The molecule has 1 aliphatic heterocycles. The smallest absolute Gasteiger partial charge is 0.309 e. The van der Waals surface area contributed by atoms with Crippen LogP contribution in [0.1, 0.15) is 35.8 Å². The number of hydrogen-bond donors (Lipinski definition) is 0. The van der Waals surface area contributed by atoms with Crippen LogP contribution in [0.15, 0.2) is 34.9 Å². The molecule has 0 saturated carbocycles. The summed E-state index contributed by atoms with van der Waals surface area (Å²) in [4.78, 5) is 26.1. The highest BCUT2D eigenvalue weighted by Gasteiger charge is 2.29. The average molecular weight is 342 g/mol. The molecule has 0 unspecified atom stereocenters. The van der Waals surface area contributed by atoms with Crippen molar-refractivity contribution < 1.29 is 18.8 Å². The maximum atomic E-state index is 12.6. The van der Waals surface area contributed by atoms with E-state index in [0.29, 0.717) is 44.0 Å². The highest BCUT2D eigenvalue weighted by atomic mass is 16.5. The second-order valence-corrected chi connectivity index (χ2v) is 6.26. The van der Waals surface area contributed by atoms with Gasteiger partial charge in [0.2, 0.25) is 0 Å². The number of hydrogen-bond acceptors (Lipinski definition) is 5. The lowest BCUT2D eigenvalue weighted by atomic mass is 9.97. The number of carbonyl (C=O) groups is 2. The van der Waals surface area contributed by atoms with Gasteiger partial charge in [-0.1, -0.05) is 35.0 Å². The van der Waals surface area contributed by atoms with Crippen LogP contribution in [0, 0.1) is 12.8 Å². The van der Waals surface area contributed by atoms with Crippen molar-refractivity contribution in [2.75, 3.05) is 19.7 Å². The molecular formula is C19H22N2O4. The monoisotopic (exact) mass is 342 g/mol. The number of likely N-dealkylation sites (tertiary alicyclic amines) is 1. The van der Waals surface area contributed by atoms with Crippen LogP contribution in [0.2, 0.25) is 0 Å². The lowest BCUT2D eigenvalue weighted by Crippen LogP contribution is -2.40. The molecule has 1 amide bonds. The van der Waals surface area contributed by atoms with Crippen LogP contribution in [0.4, 0.5) is 0 Å². The van der Waals surface area contributed by atoms with Crippen molar-refractivity contribution >= 4 is 11.9 Å². The Kier molecular flexibility index (Phi) is 5.16. The Morgan fingerprint density at radius 3 is 2.56 bits per heavy atom. The average Bonchev–Trinajstić information content (AvgIpc) is 3.12. The van der Waals surface area contributed by atoms with E-state index in [9.17, 15) is 9.59 Å². The first-order valence-electron chi connectivity index (χ1n) is 8.58. The largest absolute Gasteiger partial charge is 0.466 e. The molecule has 0 spiro atoms. The SMILES string of the molecule is CCOC(=O)C1CCN(C(=O)c2cc(-c3ccc(C)cc3)on2)CC1. The topological polar surface area (TPSA) is 72.6 Å². The van der Waals surface area contributed by atoms with Gasteiger partial charge in [0.1, 0.15) is 0 Å². The Hall–Kier alpha value is -2.63. The van der Waals surface area contributed by atoms with Gasteiger partial charge in [-0.05, 0) is 26.7 Å². The Bertz CT molecular complexity index is 743. The van der Waals surface area contributed by atoms with E-state index in [4.69, 9.17) is 9.26 Å². The molecule has 0 bridgehead atoms. The van der Waals surface area contributed by atoms with Crippen molar-refractivity contribution in [1.29, 1.82) is 0 Å². The third kappa shape index (κ3) is 3.90. The number of carbonyl (C=O) groups excluding carboxylic acids is 2. The summed E-state index contributed by atoms with van der Waals surface area (Å²) in [7, 11) is 0. The number of aromatic nitrogens is 1. The van der Waals surface area contributed by atoms with Crippen molar-refractivity contribution in [3.63, 3.8) is 0 Å². The quantitative estimate of drug-likeness (QED) is 0.799. The number of aryl methyl sites for hydroxylation is 1. The van der Waals surface area contributed by atoms with Gasteiger partial charge in [-0.3, -0.25) is 9.59 Å². The number of ether oxygens (including phenoxy) is 1. The van der Waals surface area contributed by atoms with E-state index >= 15 is 0 Å². The molecule has 1 fully saturated rings. The molecule has 1 aromatic heterocycles. The molecule has 0 N–H and O–H groups in total. The summed E-state index contributed by atoms with van der Waals surface area (Å²) in [6.45, 7) is 5.24. The fraction of sp³-hybridized carbons (Fsp3) is 0.421. The molecule has 2 heterocycles. The molecule has 1 saturated heterocycles. The number of piperidine rings is 1. The molecule has 2 aromatic rings. The Labute approximate surface area is 146 Å². The molecule has 6 heteroatoms. The summed E-state index contributed by atoms with van der Waals surface area (Å²) < 4.78 is 10.4. The van der Waals surface area contributed by atoms with Crippen molar-refractivity contribution in [2.45, 2.75) is 26.7 Å². The van der Waals surface area contributed by atoms with Gasteiger partial charge in [0, 0.05) is 24.7 Å². The van der Waals surface area contributed by atoms with Crippen LogP contribution >= 0.6 is 0 Å². The molecule has 0 radical (unpaired) electrons. The van der Waals surface area contributed by atoms with Gasteiger partial charge in [-0.15, -0.1) is 0 Å². The fourth-order valence-electron chi connectivity index (χ4n) is 2.97. The number of amides is 1. The van der Waals surface area contributed by atoms with E-state index in [0.717, 1.165) is 11.1 Å². The minimum absolute atomic E-state index is 0.121. The standard InChI is InChI=1S/C19H22N2O4/c1-3-24-19(23)15-8-10-21(11-9-15)18(22)16-12-17(25-20-16)14-6-4-13(2)5-7-14/h4-7,12,15H,3,8-11H2,1-2H3. The van der Waals surface area contributed by atoms with Crippen LogP contribution in [0.5, 0.6) is 0 Å². The summed E-state index contributed by atoms with van der Waals surface area (Å²) in [5.74, 6) is 0.122. The first-order valence-corrected chi connectivity index (χ1v) is 8.58. The predicted molar refractivity (Wildman–Crippen MR) is 91.9 cm³/mol. The third-order valence-corrected chi connectivity index (χ3v) is 4.47. The fourth-order valence-corrected chi connectivity index (χ4v) is 2.97. The zero-order valence-corrected chi connectivity index (χ0v) is 14.5. The lowest BCUT2D eigenvalue weighted by molar-refractivity contribution is -0.149. The van der Waals surface area contributed by atoms with Gasteiger partial charge < -0.3 is 14.2 Å². The summed E-state index contributed by atoms with van der Waals surface area (Å²) >= 11 is 0. The maximum Gasteiger partial charge on any atom is 0.309 e. The Morgan fingerprint density at radius 2 is 1.92 bits per heavy atom. The minimum Gasteiger partial charge on any atom is -0.466 e. The van der Waals surface area contributed by atoms with Gasteiger partial charge in [-0.25, -0.2) is 0 Å². The van der Waals surface area contributed by atoms with E-state index < -0.39 is 0 Å². The van der Waals surface area contributed by atoms with Gasteiger partial charge >= 0.3 is 5.97 Å². The lowest BCUT2D eigenvalue weighted by Gasteiger charge is -2.30. The first-order chi connectivity index (χ1) is 12.1. The Morgan fingerprint density at radius 1 is 1.24 bits per heavy atom. The summed E-state index contributed by atoms with van der Waals surface area (Å²) in [6.07, 6.45) is 1.24. The summed E-state index contributed by atoms with van der Waals surface area (Å²) in [5.41, 5.74) is 2.34. The van der Waals surface area contributed by atoms with Gasteiger partial charge in [0.05, 0.1) is 12.5 Å². The third-order valence-electron chi connectivity index (χ3n) is 4.47. The van der Waals surface area contributed by atoms with E-state index in [2.05, 4.69) is 5.16 Å². The normalized spacial score (nSPS) is 15.2. The van der Waals surface area contributed by atoms with E-state index in [1.807, 2.05) is 31.2 Å². The molecule has 6 nitrogen and oxygen atoms in total. The molecule has 1 aliphatic rings. The van der Waals surface area contributed by atoms with E-state index in [1.54, 1.807) is 17.9 Å². The van der Waals surface area contributed by atoms with Crippen molar-refractivity contribution in [3.05, 3.63) is 41.6 Å². The highest BCUT2D eigenvalue weighted by Crippen LogP contribution is 2.23. The molecular weight excluding hydrogens is 320 g/mol. The number of esters is 1. The first kappa shape index (κ1) is 17.2. The van der Waals surface area contributed by atoms with Crippen LogP contribution in [-0.4, -0.2) is 41.6 Å². The minimum atomic E-state index is -0.169. The van der Waals surface area contributed by atoms with Crippen molar-refractivity contribution in [2.24, 2.45) is 5.92 Å². The van der Waals surface area contributed by atoms with Gasteiger partial charge in [0.25, 0.3) is 5.91 Å². The van der Waals surface area contributed by atoms with Crippen LogP contribution in [0.3, 0.4) is 0 Å². The second-order valence-electron chi connectivity index (χ2n) is 6.26. The molecule has 132 valence electrons. The summed E-state index contributed by atoms with van der Waals surface area (Å²) in [6, 6.07) is 9.52. The number of benzene rings is 1. The molecule has 3 rings (SSSR count). The predicted octanol–water partition coefficient (Wildman–Crippen LogP) is 3.07. The zero-order valence-electron chi connectivity index (χ0n) is 14.5. The van der Waals surface area contributed by atoms with E-state index in [1.165, 1.54) is 0 Å². The summed E-state index contributed by atoms with van der Waals surface area (Å²) in [5, 5.41) is 3.92. The number of rotatable bonds is 4. The van der Waals surface area contributed by atoms with Crippen molar-refractivity contribution in [3.8, 4) is 11.3 Å². The number of nitrogens with zero attached hydrogens (tertiary/aromatic N) is 2. The van der Waals surface area contributed by atoms with Crippen LogP contribution in [-0.2, 0) is 9.53 Å². The molecule has 25 heavy (non-hydrogen) atoms.